The Labute approximate surface area is 169 Å². The van der Waals surface area contributed by atoms with E-state index in [1.165, 1.54) is 12.1 Å². The highest BCUT2D eigenvalue weighted by molar-refractivity contribution is 7.85. The second kappa shape index (κ2) is 8.61. The second-order valence-electron chi connectivity index (χ2n) is 6.39. The molecule has 13 heteroatoms. The van der Waals surface area contributed by atoms with Gasteiger partial charge in [-0.05, 0) is 23.3 Å². The molecule has 0 spiro atoms. The minimum atomic E-state index is -4.23. The molecular formula is C17H17N3O9S. The first-order chi connectivity index (χ1) is 14.1. The zero-order valence-corrected chi connectivity index (χ0v) is 16.2. The summed E-state index contributed by atoms with van der Waals surface area (Å²) in [6, 6.07) is 5.86. The highest BCUT2D eigenvalue weighted by Crippen LogP contribution is 2.19. The van der Waals surface area contributed by atoms with E-state index in [1.54, 1.807) is 12.1 Å². The van der Waals surface area contributed by atoms with Gasteiger partial charge in [0.2, 0.25) is 0 Å². The average molecular weight is 439 g/mol. The van der Waals surface area contributed by atoms with Gasteiger partial charge in [0.1, 0.15) is 11.5 Å². The van der Waals surface area contributed by atoms with Crippen molar-refractivity contribution in [1.29, 1.82) is 0 Å². The lowest BCUT2D eigenvalue weighted by Gasteiger charge is -2.13. The van der Waals surface area contributed by atoms with Crippen LogP contribution in [0, 0.1) is 0 Å². The molecule has 1 aromatic heterocycles. The Balaban J connectivity index is 1.70. The van der Waals surface area contributed by atoms with E-state index in [2.05, 4.69) is 10.6 Å². The number of amides is 3. The van der Waals surface area contributed by atoms with E-state index in [-0.39, 0.29) is 31.5 Å². The Morgan fingerprint density at radius 3 is 2.50 bits per heavy atom. The number of nitrogens with zero attached hydrogens (tertiary/aromatic N) is 1. The van der Waals surface area contributed by atoms with Gasteiger partial charge in [-0.25, -0.2) is 9.59 Å². The molecule has 12 nitrogen and oxygen atoms in total. The number of hydrogen-bond acceptors (Lipinski definition) is 9. The molecule has 0 unspecified atom stereocenters. The maximum absolute atomic E-state index is 11.8. The highest BCUT2D eigenvalue weighted by Gasteiger charge is 2.32. The second-order valence-corrected chi connectivity index (χ2v) is 7.84. The Bertz CT molecular complexity index is 1160. The molecule has 0 radical (unpaired) electrons. The van der Waals surface area contributed by atoms with Gasteiger partial charge in [0.15, 0.2) is 0 Å². The fourth-order valence-electron chi connectivity index (χ4n) is 2.79. The molecule has 3 amide bonds. The molecule has 1 saturated heterocycles. The van der Waals surface area contributed by atoms with Crippen LogP contribution in [0.25, 0.3) is 11.0 Å². The molecule has 3 rings (SSSR count). The predicted molar refractivity (Wildman–Crippen MR) is 100 cm³/mol. The van der Waals surface area contributed by atoms with Crippen LogP contribution in [0.5, 0.6) is 0 Å². The first-order valence-corrected chi connectivity index (χ1v) is 10.3. The van der Waals surface area contributed by atoms with Crippen LogP contribution in [0.1, 0.15) is 24.0 Å². The van der Waals surface area contributed by atoms with Gasteiger partial charge in [-0.2, -0.15) is 8.42 Å². The summed E-state index contributed by atoms with van der Waals surface area (Å²) in [6.45, 7) is -0.0675. The third-order valence-corrected chi connectivity index (χ3v) is 4.68. The summed E-state index contributed by atoms with van der Waals surface area (Å²) in [5.74, 6) is -1.90. The number of nitrogens with one attached hydrogen (secondary N) is 2. The third-order valence-electron chi connectivity index (χ3n) is 4.11. The maximum atomic E-state index is 11.8. The Morgan fingerprint density at radius 1 is 1.13 bits per heavy atom. The number of carbonyl (C=O) groups is 3. The number of carbonyl (C=O) groups excluding carboxylic acids is 3. The van der Waals surface area contributed by atoms with Crippen LogP contribution in [-0.4, -0.2) is 41.8 Å². The lowest BCUT2D eigenvalue weighted by atomic mass is 10.1. The van der Waals surface area contributed by atoms with Crippen molar-refractivity contribution in [3.05, 3.63) is 45.8 Å². The SMILES string of the molecule is O=C(NCc1ccc2oc(=O)cc(CNCS(=O)(=O)O)c2c1)ON1C(=O)CCC1=O. The van der Waals surface area contributed by atoms with Crippen LogP contribution < -0.4 is 16.3 Å². The van der Waals surface area contributed by atoms with Crippen molar-refractivity contribution in [2.75, 3.05) is 5.88 Å². The molecule has 1 fully saturated rings. The van der Waals surface area contributed by atoms with Crippen LogP contribution in [0.3, 0.4) is 0 Å². The molecule has 2 aromatic rings. The van der Waals surface area contributed by atoms with E-state index in [1.807, 2.05) is 0 Å². The summed E-state index contributed by atoms with van der Waals surface area (Å²) in [5.41, 5.74) is 0.595. The summed E-state index contributed by atoms with van der Waals surface area (Å²) in [6.07, 6.45) is -1.03. The number of hydrogen-bond donors (Lipinski definition) is 3. The summed E-state index contributed by atoms with van der Waals surface area (Å²) >= 11 is 0. The Morgan fingerprint density at radius 2 is 1.83 bits per heavy atom. The molecule has 0 aliphatic carbocycles. The minimum Gasteiger partial charge on any atom is -0.423 e. The van der Waals surface area contributed by atoms with Crippen molar-refractivity contribution in [3.63, 3.8) is 0 Å². The van der Waals surface area contributed by atoms with Crippen molar-refractivity contribution < 1.29 is 36.6 Å². The van der Waals surface area contributed by atoms with Crippen molar-refractivity contribution in [2.24, 2.45) is 0 Å². The number of fused-ring (bicyclic) bond motifs is 1. The van der Waals surface area contributed by atoms with E-state index in [0.717, 1.165) is 0 Å². The van der Waals surface area contributed by atoms with Crippen molar-refractivity contribution in [2.45, 2.75) is 25.9 Å². The highest BCUT2D eigenvalue weighted by atomic mass is 32.2. The molecule has 0 atom stereocenters. The first kappa shape index (κ1) is 21.4. The largest absolute Gasteiger partial charge is 0.432 e. The standard InChI is InChI=1S/C17H17N3O9S/c21-14-3-4-15(22)20(14)29-17(24)19-7-10-1-2-13-12(5-10)11(6-16(23)28-13)8-18-9-30(25,26)27/h1-2,5-6,18H,3-4,7-9H2,(H,19,24)(H,25,26,27). The van der Waals surface area contributed by atoms with Gasteiger partial charge >= 0.3 is 11.7 Å². The fraction of sp³-hybridized carbons (Fsp3) is 0.294. The summed E-state index contributed by atoms with van der Waals surface area (Å²) < 4.78 is 35.6. The lowest BCUT2D eigenvalue weighted by Crippen LogP contribution is -2.36. The molecule has 1 aliphatic heterocycles. The van der Waals surface area contributed by atoms with Gasteiger partial charge in [0.05, 0.1) is 0 Å². The minimum absolute atomic E-state index is 0.0175. The van der Waals surface area contributed by atoms with Gasteiger partial charge in [-0.1, -0.05) is 6.07 Å². The van der Waals surface area contributed by atoms with Gasteiger partial charge in [0, 0.05) is 37.4 Å². The van der Waals surface area contributed by atoms with Crippen LogP contribution in [-0.2, 0) is 37.6 Å². The number of hydroxylamine groups is 2. The molecule has 1 aromatic carbocycles. The quantitative estimate of drug-likeness (QED) is 0.303. The summed E-state index contributed by atoms with van der Waals surface area (Å²) in [4.78, 5) is 51.2. The third kappa shape index (κ3) is 5.40. The molecule has 3 N–H and O–H groups in total. The predicted octanol–water partition coefficient (Wildman–Crippen LogP) is 0.0181. The number of benzene rings is 1. The van der Waals surface area contributed by atoms with Crippen LogP contribution in [0.15, 0.2) is 33.5 Å². The number of imide groups is 1. The fourth-order valence-corrected chi connectivity index (χ4v) is 3.15. The van der Waals surface area contributed by atoms with Crippen LogP contribution in [0.4, 0.5) is 4.79 Å². The smallest absolute Gasteiger partial charge is 0.423 e. The molecular weight excluding hydrogens is 422 g/mol. The normalized spacial score (nSPS) is 14.4. The van der Waals surface area contributed by atoms with Crippen LogP contribution >= 0.6 is 0 Å². The molecule has 160 valence electrons. The zero-order valence-electron chi connectivity index (χ0n) is 15.4. The average Bonchev–Trinajstić information content (AvgIpc) is 2.97. The van der Waals surface area contributed by atoms with Crippen molar-refractivity contribution in [1.82, 2.24) is 15.7 Å². The van der Waals surface area contributed by atoms with Gasteiger partial charge in [0.25, 0.3) is 21.9 Å². The van der Waals surface area contributed by atoms with Crippen LogP contribution in [0.2, 0.25) is 0 Å². The monoisotopic (exact) mass is 439 g/mol. The van der Waals surface area contributed by atoms with E-state index < -0.39 is 39.5 Å². The molecule has 30 heavy (non-hydrogen) atoms. The Hall–Kier alpha value is -3.29. The molecule has 2 heterocycles. The molecule has 0 saturated carbocycles. The van der Waals surface area contributed by atoms with Gasteiger partial charge in [-0.15, -0.1) is 5.06 Å². The van der Waals surface area contributed by atoms with Gasteiger partial charge in [-0.3, -0.25) is 19.5 Å². The lowest BCUT2D eigenvalue weighted by molar-refractivity contribution is -0.171. The van der Waals surface area contributed by atoms with Gasteiger partial charge < -0.3 is 14.6 Å². The Kier molecular flexibility index (Phi) is 6.14. The molecule has 0 bridgehead atoms. The number of rotatable bonds is 7. The van der Waals surface area contributed by atoms with Crippen molar-refractivity contribution >= 4 is 39.0 Å². The topological polar surface area (TPSA) is 172 Å². The first-order valence-electron chi connectivity index (χ1n) is 8.65. The van der Waals surface area contributed by atoms with E-state index in [9.17, 15) is 27.6 Å². The van der Waals surface area contributed by atoms with E-state index in [0.29, 0.717) is 21.6 Å². The maximum Gasteiger partial charge on any atom is 0.432 e. The summed E-state index contributed by atoms with van der Waals surface area (Å²) in [7, 11) is -4.23. The van der Waals surface area contributed by atoms with E-state index in [4.69, 9.17) is 13.8 Å². The zero-order chi connectivity index (χ0) is 21.9. The summed E-state index contributed by atoms with van der Waals surface area (Å²) in [5, 5.41) is 5.80. The molecule has 1 aliphatic rings. The van der Waals surface area contributed by atoms with E-state index >= 15 is 0 Å². The van der Waals surface area contributed by atoms with Crippen molar-refractivity contribution in [3.8, 4) is 0 Å².